The standard InChI is InChI=1S/C8H6BN3O2/c10-4-6-3-7-1-2-8(9(13)14)12(7)11-5-6/h1-3,5,13-14H. The molecule has 0 radical (unpaired) electrons. The maximum absolute atomic E-state index is 8.97. The van der Waals surface area contributed by atoms with Crippen molar-refractivity contribution in [3.8, 4) is 6.07 Å². The third-order valence-corrected chi connectivity index (χ3v) is 1.92. The van der Waals surface area contributed by atoms with Gasteiger partial charge in [0.25, 0.3) is 0 Å². The summed E-state index contributed by atoms with van der Waals surface area (Å²) in [5, 5.41) is 30.5. The van der Waals surface area contributed by atoms with Crippen LogP contribution in [-0.4, -0.2) is 26.8 Å². The van der Waals surface area contributed by atoms with Gasteiger partial charge in [-0.15, -0.1) is 0 Å². The van der Waals surface area contributed by atoms with Gasteiger partial charge < -0.3 is 10.0 Å². The molecular formula is C8H6BN3O2. The zero-order chi connectivity index (χ0) is 10.1. The van der Waals surface area contributed by atoms with Crippen molar-refractivity contribution in [2.75, 3.05) is 0 Å². The van der Waals surface area contributed by atoms with Gasteiger partial charge in [0.15, 0.2) is 0 Å². The van der Waals surface area contributed by atoms with Crippen LogP contribution in [0.1, 0.15) is 5.56 Å². The van der Waals surface area contributed by atoms with E-state index in [0.29, 0.717) is 11.1 Å². The van der Waals surface area contributed by atoms with Crippen molar-refractivity contribution >= 4 is 18.2 Å². The summed E-state index contributed by atoms with van der Waals surface area (Å²) in [5.74, 6) is 0. The van der Waals surface area contributed by atoms with E-state index in [1.165, 1.54) is 10.7 Å². The largest absolute Gasteiger partial charge is 0.508 e. The van der Waals surface area contributed by atoms with Crippen LogP contribution in [0.15, 0.2) is 24.4 Å². The normalized spacial score (nSPS) is 10.1. The van der Waals surface area contributed by atoms with Crippen LogP contribution >= 0.6 is 0 Å². The zero-order valence-corrected chi connectivity index (χ0v) is 7.12. The molecule has 0 aliphatic rings. The smallest absolute Gasteiger partial charge is 0.422 e. The third kappa shape index (κ3) is 1.25. The molecule has 0 saturated heterocycles. The fourth-order valence-electron chi connectivity index (χ4n) is 1.28. The van der Waals surface area contributed by atoms with E-state index >= 15 is 0 Å². The number of nitrogens with zero attached hydrogens (tertiary/aromatic N) is 3. The molecule has 0 aliphatic heterocycles. The number of fused-ring (bicyclic) bond motifs is 1. The second-order valence-electron chi connectivity index (χ2n) is 2.82. The Kier molecular flexibility index (Phi) is 1.96. The van der Waals surface area contributed by atoms with E-state index in [2.05, 4.69) is 5.10 Å². The molecule has 2 N–H and O–H groups in total. The zero-order valence-electron chi connectivity index (χ0n) is 7.12. The second kappa shape index (κ2) is 3.14. The van der Waals surface area contributed by atoms with Crippen molar-refractivity contribution in [3.63, 3.8) is 0 Å². The van der Waals surface area contributed by atoms with Gasteiger partial charge in [-0.05, 0) is 18.2 Å². The van der Waals surface area contributed by atoms with Gasteiger partial charge in [-0.3, -0.25) is 0 Å². The summed E-state index contributed by atoms with van der Waals surface area (Å²) < 4.78 is 1.38. The molecular weight excluding hydrogens is 181 g/mol. The molecule has 2 aromatic rings. The van der Waals surface area contributed by atoms with Gasteiger partial charge in [0, 0.05) is 0 Å². The van der Waals surface area contributed by atoms with E-state index in [1.807, 2.05) is 6.07 Å². The van der Waals surface area contributed by atoms with Gasteiger partial charge in [0.05, 0.1) is 22.9 Å². The van der Waals surface area contributed by atoms with Crippen LogP contribution < -0.4 is 5.59 Å². The number of hydrogen-bond acceptors (Lipinski definition) is 4. The van der Waals surface area contributed by atoms with Crippen LogP contribution in [0.3, 0.4) is 0 Å². The molecule has 0 atom stereocenters. The first-order valence-electron chi connectivity index (χ1n) is 3.96. The van der Waals surface area contributed by atoms with Gasteiger partial charge in [-0.2, -0.15) is 10.4 Å². The molecule has 0 saturated carbocycles. The van der Waals surface area contributed by atoms with Gasteiger partial charge in [-0.1, -0.05) is 0 Å². The lowest BCUT2D eigenvalue weighted by Gasteiger charge is -1.99. The number of nitriles is 1. The molecule has 2 heterocycles. The van der Waals surface area contributed by atoms with Crippen molar-refractivity contribution in [2.45, 2.75) is 0 Å². The molecule has 0 amide bonds. The summed E-state index contributed by atoms with van der Waals surface area (Å²) in [6, 6.07) is 6.80. The van der Waals surface area contributed by atoms with Gasteiger partial charge in [0.2, 0.25) is 0 Å². The minimum atomic E-state index is -1.56. The first-order valence-corrected chi connectivity index (χ1v) is 3.96. The van der Waals surface area contributed by atoms with E-state index in [-0.39, 0.29) is 5.59 Å². The molecule has 0 unspecified atom stereocenters. The Labute approximate surface area is 80.0 Å². The fraction of sp³-hybridized carbons (Fsp3) is 0. The number of rotatable bonds is 1. The lowest BCUT2D eigenvalue weighted by molar-refractivity contribution is 0.423. The molecule has 5 nitrogen and oxygen atoms in total. The third-order valence-electron chi connectivity index (χ3n) is 1.92. The first-order chi connectivity index (χ1) is 6.72. The van der Waals surface area contributed by atoms with Crippen molar-refractivity contribution in [2.24, 2.45) is 0 Å². The van der Waals surface area contributed by atoms with Crippen LogP contribution in [0.5, 0.6) is 0 Å². The molecule has 0 aliphatic carbocycles. The summed E-state index contributed by atoms with van der Waals surface area (Å²) in [7, 11) is -1.56. The number of hydrogen-bond donors (Lipinski definition) is 2. The van der Waals surface area contributed by atoms with Crippen molar-refractivity contribution in [3.05, 3.63) is 30.0 Å². The van der Waals surface area contributed by atoms with E-state index in [9.17, 15) is 0 Å². The van der Waals surface area contributed by atoms with Crippen molar-refractivity contribution in [1.29, 1.82) is 5.26 Å². The summed E-state index contributed by atoms with van der Waals surface area (Å²) in [4.78, 5) is 0. The van der Waals surface area contributed by atoms with Gasteiger partial charge in [-0.25, -0.2) is 4.52 Å². The van der Waals surface area contributed by atoms with Crippen LogP contribution in [0.2, 0.25) is 0 Å². The molecule has 0 aromatic carbocycles. The molecule has 68 valence electrons. The van der Waals surface area contributed by atoms with E-state index in [0.717, 1.165) is 0 Å². The molecule has 0 fully saturated rings. The quantitative estimate of drug-likeness (QED) is 0.554. The maximum Gasteiger partial charge on any atom is 0.508 e. The molecule has 2 rings (SSSR count). The highest BCUT2D eigenvalue weighted by molar-refractivity contribution is 6.57. The van der Waals surface area contributed by atoms with Crippen LogP contribution in [-0.2, 0) is 0 Å². The van der Waals surface area contributed by atoms with Crippen molar-refractivity contribution in [1.82, 2.24) is 9.61 Å². The highest BCUT2D eigenvalue weighted by atomic mass is 16.4. The predicted molar refractivity (Wildman–Crippen MR) is 49.7 cm³/mol. The van der Waals surface area contributed by atoms with Crippen LogP contribution in [0.25, 0.3) is 5.52 Å². The molecule has 6 heteroatoms. The maximum atomic E-state index is 8.97. The van der Waals surface area contributed by atoms with E-state index in [4.69, 9.17) is 15.3 Å². The van der Waals surface area contributed by atoms with Crippen LogP contribution in [0, 0.1) is 11.3 Å². The highest BCUT2D eigenvalue weighted by Gasteiger charge is 2.16. The lowest BCUT2D eigenvalue weighted by atomic mass is 9.87. The Morgan fingerprint density at radius 2 is 2.21 bits per heavy atom. The average Bonchev–Trinajstić information content (AvgIpc) is 2.59. The lowest BCUT2D eigenvalue weighted by Crippen LogP contribution is -2.34. The summed E-state index contributed by atoms with van der Waals surface area (Å²) in [6.07, 6.45) is 1.37. The fourth-order valence-corrected chi connectivity index (χ4v) is 1.28. The first kappa shape index (κ1) is 8.75. The molecule has 2 aromatic heterocycles. The Morgan fingerprint density at radius 3 is 2.86 bits per heavy atom. The molecule has 14 heavy (non-hydrogen) atoms. The van der Waals surface area contributed by atoms with Gasteiger partial charge in [0.1, 0.15) is 6.07 Å². The Balaban J connectivity index is 2.67. The summed E-state index contributed by atoms with van der Waals surface area (Å²) >= 11 is 0. The minimum Gasteiger partial charge on any atom is -0.422 e. The van der Waals surface area contributed by atoms with Crippen LogP contribution in [0.4, 0.5) is 0 Å². The van der Waals surface area contributed by atoms with Crippen molar-refractivity contribution < 1.29 is 10.0 Å². The van der Waals surface area contributed by atoms with Gasteiger partial charge >= 0.3 is 7.12 Å². The topological polar surface area (TPSA) is 81.6 Å². The monoisotopic (exact) mass is 187 g/mol. The average molecular weight is 187 g/mol. The number of aromatic nitrogens is 2. The van der Waals surface area contributed by atoms with E-state index in [1.54, 1.807) is 18.2 Å². The van der Waals surface area contributed by atoms with E-state index < -0.39 is 7.12 Å². The predicted octanol–water partition coefficient (Wildman–Crippen LogP) is -1.11. The summed E-state index contributed by atoms with van der Waals surface area (Å²) in [6.45, 7) is 0. The SMILES string of the molecule is N#Cc1cnn2c(B(O)O)ccc2c1. The Morgan fingerprint density at radius 1 is 1.43 bits per heavy atom. The summed E-state index contributed by atoms with van der Waals surface area (Å²) in [5.41, 5.74) is 1.38. The molecule has 0 spiro atoms. The Hall–Kier alpha value is -1.84. The second-order valence-corrected chi connectivity index (χ2v) is 2.82. The highest BCUT2D eigenvalue weighted by Crippen LogP contribution is 2.03. The minimum absolute atomic E-state index is 0.282. The molecule has 0 bridgehead atoms. The Bertz CT molecular complexity index is 515.